The maximum atomic E-state index is 10.8. The zero-order valence-corrected chi connectivity index (χ0v) is 17.3. The van der Waals surface area contributed by atoms with Gasteiger partial charge in [-0.25, -0.2) is 11.0 Å². The first-order valence-corrected chi connectivity index (χ1v) is 11.1. The Kier molecular flexibility index (Phi) is 21.7. The Morgan fingerprint density at radius 3 is 1.64 bits per heavy atom. The van der Waals surface area contributed by atoms with E-state index in [4.69, 9.17) is 0 Å². The second kappa shape index (κ2) is 20.8. The fourth-order valence-corrected chi connectivity index (χ4v) is 3.61. The van der Waals surface area contributed by atoms with Gasteiger partial charge in [-0.1, -0.05) is 104 Å². The smallest absolute Gasteiger partial charge is 0.129 e. The lowest BCUT2D eigenvalue weighted by Crippen LogP contribution is -2.46. The number of ketones is 1. The molecular weight excluding hydrogens is 348 g/mol. The molecule has 5 nitrogen and oxygen atoms in total. The van der Waals surface area contributed by atoms with Crippen molar-refractivity contribution in [2.75, 3.05) is 0 Å². The van der Waals surface area contributed by atoms with Crippen molar-refractivity contribution in [3.8, 4) is 0 Å². The normalized spacial score (nSPS) is 18.1. The van der Waals surface area contributed by atoms with Crippen molar-refractivity contribution in [2.45, 2.75) is 144 Å². The van der Waals surface area contributed by atoms with Gasteiger partial charge in [-0.3, -0.25) is 0 Å². The van der Waals surface area contributed by atoms with E-state index in [0.29, 0.717) is 11.8 Å². The Balaban J connectivity index is -0.00000225. The molecule has 0 saturated carbocycles. The van der Waals surface area contributed by atoms with Crippen LogP contribution < -0.4 is 11.0 Å². The average molecular weight is 401 g/mol. The molecule has 2 N–H and O–H groups in total. The molecule has 0 aromatic carbocycles. The van der Waals surface area contributed by atoms with Crippen LogP contribution in [0, 0.1) is 0 Å². The van der Waals surface area contributed by atoms with E-state index in [-0.39, 0.29) is 22.3 Å². The maximum Gasteiger partial charge on any atom is 0.129 e. The van der Waals surface area contributed by atoms with Gasteiger partial charge in [0.25, 0.3) is 0 Å². The average Bonchev–Trinajstić information content (AvgIpc) is 2.62. The zero-order valence-electron chi connectivity index (χ0n) is 17.3. The van der Waals surface area contributed by atoms with Crippen LogP contribution in [0.2, 0.25) is 0 Å². The maximum absolute atomic E-state index is 10.8. The molecule has 0 radical (unpaired) electrons. The summed E-state index contributed by atoms with van der Waals surface area (Å²) in [6.45, 7) is 3.82. The van der Waals surface area contributed by atoms with Crippen molar-refractivity contribution in [1.82, 2.24) is 11.0 Å². The summed E-state index contributed by atoms with van der Waals surface area (Å²) in [5.74, 6) is 0.338. The predicted molar refractivity (Wildman–Crippen MR) is 125 cm³/mol. The quantitative estimate of drug-likeness (QED) is 0.247. The molecule has 0 amide bonds. The summed E-state index contributed by atoms with van der Waals surface area (Å²) >= 11 is 0. The lowest BCUT2D eigenvalue weighted by molar-refractivity contribution is -0.117. The van der Waals surface area contributed by atoms with Crippen molar-refractivity contribution >= 4 is 5.78 Å². The summed E-state index contributed by atoms with van der Waals surface area (Å²) in [7, 11) is 0. The van der Waals surface area contributed by atoms with Crippen LogP contribution in [-0.4, -0.2) is 17.9 Å². The number of nitrogens with one attached hydrogen (secondary N) is 2. The molecule has 2 atom stereocenters. The number of hydrogen-bond donors (Lipinski definition) is 2. The van der Waals surface area contributed by atoms with Gasteiger partial charge < -0.3 is 4.79 Å². The Morgan fingerprint density at radius 2 is 1.21 bits per heavy atom. The van der Waals surface area contributed by atoms with Crippen LogP contribution in [0.25, 0.3) is 0 Å². The van der Waals surface area contributed by atoms with Crippen molar-refractivity contribution in [3.05, 3.63) is 0 Å². The van der Waals surface area contributed by atoms with Gasteiger partial charge in [0.1, 0.15) is 5.78 Å². The van der Waals surface area contributed by atoms with E-state index >= 15 is 0 Å². The third kappa shape index (κ3) is 17.2. The first kappa shape index (κ1) is 29.2. The molecule has 170 valence electrons. The molecular formula is C23H52N4O. The van der Waals surface area contributed by atoms with Gasteiger partial charge in [0, 0.05) is 7.85 Å². The SMILES string of the molecule is C.C.CC(=O)CCCCCCCCCCCCCCCCC1NNN=NC1C.[HH]. The summed E-state index contributed by atoms with van der Waals surface area (Å²) in [6.07, 6.45) is 20.7. The molecule has 1 aliphatic rings. The second-order valence-corrected chi connectivity index (χ2v) is 8.01. The fourth-order valence-electron chi connectivity index (χ4n) is 3.61. The summed E-state index contributed by atoms with van der Waals surface area (Å²) in [5.41, 5.74) is 5.97. The lowest BCUT2D eigenvalue weighted by Gasteiger charge is -2.24. The summed E-state index contributed by atoms with van der Waals surface area (Å²) in [4.78, 5) is 10.8. The minimum atomic E-state index is 0. The second-order valence-electron chi connectivity index (χ2n) is 8.01. The number of carbonyl (C=O) groups excluding carboxylic acids is 1. The molecule has 2 unspecified atom stereocenters. The minimum absolute atomic E-state index is 0. The molecule has 0 spiro atoms. The Morgan fingerprint density at radius 1 is 0.786 bits per heavy atom. The van der Waals surface area contributed by atoms with Gasteiger partial charge in [-0.05, 0) is 26.7 Å². The van der Waals surface area contributed by atoms with E-state index in [1.165, 1.54) is 89.9 Å². The predicted octanol–water partition coefficient (Wildman–Crippen LogP) is 7.57. The Labute approximate surface area is 177 Å². The fraction of sp³-hybridized carbons (Fsp3) is 0.957. The highest BCUT2D eigenvalue weighted by atomic mass is 16.1. The molecule has 0 bridgehead atoms. The molecule has 1 heterocycles. The summed E-state index contributed by atoms with van der Waals surface area (Å²) < 4.78 is 0. The topological polar surface area (TPSA) is 65.8 Å². The van der Waals surface area contributed by atoms with Crippen molar-refractivity contribution in [3.63, 3.8) is 0 Å². The monoisotopic (exact) mass is 400 g/mol. The zero-order chi connectivity index (χ0) is 18.9. The number of hydrazine groups is 1. The molecule has 0 saturated heterocycles. The van der Waals surface area contributed by atoms with Crippen LogP contribution in [-0.2, 0) is 4.79 Å². The van der Waals surface area contributed by atoms with Gasteiger partial charge in [-0.2, -0.15) is 5.11 Å². The van der Waals surface area contributed by atoms with Crippen LogP contribution in [0.1, 0.15) is 133 Å². The van der Waals surface area contributed by atoms with Gasteiger partial charge in [-0.15, -0.1) is 0 Å². The molecule has 0 fully saturated rings. The number of Topliss-reactive ketones (excluding diaryl/α,β-unsaturated/α-hetero) is 1. The molecule has 5 heteroatoms. The van der Waals surface area contributed by atoms with Crippen molar-refractivity contribution < 1.29 is 6.22 Å². The van der Waals surface area contributed by atoms with E-state index in [2.05, 4.69) is 28.2 Å². The number of unbranched alkanes of at least 4 members (excludes halogenated alkanes) is 13. The van der Waals surface area contributed by atoms with E-state index in [1.54, 1.807) is 6.92 Å². The molecule has 0 aliphatic carbocycles. The molecule has 28 heavy (non-hydrogen) atoms. The third-order valence-electron chi connectivity index (χ3n) is 5.42. The van der Waals surface area contributed by atoms with Gasteiger partial charge in [0.15, 0.2) is 0 Å². The largest absolute Gasteiger partial charge is 0.300 e. The Hall–Kier alpha value is -0.970. The number of nitrogens with zero attached hydrogens (tertiary/aromatic N) is 2. The number of rotatable bonds is 17. The van der Waals surface area contributed by atoms with E-state index in [0.717, 1.165) is 12.8 Å². The summed E-state index contributed by atoms with van der Waals surface area (Å²) in [6, 6.07) is 0.721. The van der Waals surface area contributed by atoms with E-state index < -0.39 is 0 Å². The van der Waals surface area contributed by atoms with Crippen LogP contribution in [0.5, 0.6) is 0 Å². The summed E-state index contributed by atoms with van der Waals surface area (Å²) in [5, 5.41) is 7.93. The molecule has 0 aromatic heterocycles. The Bertz CT molecular complexity index is 380. The standard InChI is InChI=1S/C21H42N4O.2CH4.H2/c1-19(26)17-15-13-11-9-7-5-3-4-6-8-10-12-14-16-18-21-20(2)22-24-25-23-21;;;/h20-21H,3-18H2,1-2H3,(H,22,25)(H,23,24);2*1H4;1H. The molecule has 0 aromatic rings. The van der Waals surface area contributed by atoms with Crippen LogP contribution >= 0.6 is 0 Å². The highest BCUT2D eigenvalue weighted by Gasteiger charge is 2.18. The number of carbonyl (C=O) groups is 1. The van der Waals surface area contributed by atoms with Crippen molar-refractivity contribution in [1.29, 1.82) is 0 Å². The molecule has 1 rings (SSSR count). The number of hydrogen-bond acceptors (Lipinski definition) is 5. The van der Waals surface area contributed by atoms with E-state index in [9.17, 15) is 4.79 Å². The highest BCUT2D eigenvalue weighted by Crippen LogP contribution is 2.15. The third-order valence-corrected chi connectivity index (χ3v) is 5.42. The van der Waals surface area contributed by atoms with Crippen LogP contribution in [0.4, 0.5) is 0 Å². The lowest BCUT2D eigenvalue weighted by atomic mass is 10.0. The van der Waals surface area contributed by atoms with Crippen LogP contribution in [0.3, 0.4) is 0 Å². The van der Waals surface area contributed by atoms with Gasteiger partial charge in [0.2, 0.25) is 0 Å². The van der Waals surface area contributed by atoms with E-state index in [1.807, 2.05) is 0 Å². The first-order chi connectivity index (χ1) is 12.7. The van der Waals surface area contributed by atoms with Gasteiger partial charge in [0.05, 0.1) is 12.1 Å². The van der Waals surface area contributed by atoms with Gasteiger partial charge >= 0.3 is 0 Å². The minimum Gasteiger partial charge on any atom is -0.300 e. The van der Waals surface area contributed by atoms with Crippen molar-refractivity contribution in [2.24, 2.45) is 10.3 Å². The molecule has 1 aliphatic heterocycles. The van der Waals surface area contributed by atoms with Crippen LogP contribution in [0.15, 0.2) is 10.3 Å². The first-order valence-electron chi connectivity index (χ1n) is 11.1. The highest BCUT2D eigenvalue weighted by molar-refractivity contribution is 5.75.